The third-order valence-corrected chi connectivity index (χ3v) is 10.4. The van der Waals surface area contributed by atoms with E-state index in [1.54, 1.807) is 6.08 Å². The Kier molecular flexibility index (Phi) is 9.14. The van der Waals surface area contributed by atoms with Crippen LogP contribution in [0.25, 0.3) is 0 Å². The van der Waals surface area contributed by atoms with E-state index in [2.05, 4.69) is 48.1 Å². The second kappa shape index (κ2) is 9.41. The highest BCUT2D eigenvalue weighted by Crippen LogP contribution is 2.42. The zero-order valence-electron chi connectivity index (χ0n) is 14.9. The summed E-state index contributed by atoms with van der Waals surface area (Å²) >= 11 is 0. The van der Waals surface area contributed by atoms with Crippen molar-refractivity contribution in [2.75, 3.05) is 6.61 Å². The summed E-state index contributed by atoms with van der Waals surface area (Å²) in [5, 5.41) is 0. The van der Waals surface area contributed by atoms with Crippen molar-refractivity contribution < 1.29 is 14.0 Å². The van der Waals surface area contributed by atoms with E-state index in [4.69, 9.17) is 9.16 Å². The minimum absolute atomic E-state index is 0.113. The lowest BCUT2D eigenvalue weighted by atomic mass is 10.2. The smallest absolute Gasteiger partial charge is 0.302 e. The molecule has 21 heavy (non-hydrogen) atoms. The van der Waals surface area contributed by atoms with Gasteiger partial charge in [-0.2, -0.15) is 0 Å². The molecule has 0 amide bonds. The van der Waals surface area contributed by atoms with Crippen LogP contribution in [0.5, 0.6) is 0 Å². The largest absolute Gasteiger partial charge is 0.462 e. The quantitative estimate of drug-likeness (QED) is 0.320. The van der Waals surface area contributed by atoms with Gasteiger partial charge in [-0.1, -0.05) is 47.6 Å². The standard InChI is InChI=1S/C17H34O3Si/c1-9-10-17(20-16(8)18)11-12-19-21(13(2)3,14(4)5)15(6)7/h9,13-15,17H,1,10-12H2,2-8H3/t17-/m0/s1. The van der Waals surface area contributed by atoms with Crippen LogP contribution in [-0.2, 0) is 14.0 Å². The third-order valence-electron chi connectivity index (χ3n) is 4.26. The minimum Gasteiger partial charge on any atom is -0.462 e. The molecule has 0 bridgehead atoms. The molecule has 3 nitrogen and oxygen atoms in total. The van der Waals surface area contributed by atoms with E-state index in [1.807, 2.05) is 0 Å². The Balaban J connectivity index is 4.74. The molecule has 0 fully saturated rings. The molecule has 0 saturated heterocycles. The molecule has 0 aromatic heterocycles. The highest BCUT2D eigenvalue weighted by molar-refractivity contribution is 6.77. The first-order valence-corrected chi connectivity index (χ1v) is 10.2. The van der Waals surface area contributed by atoms with E-state index in [1.165, 1.54) is 6.92 Å². The number of hydrogen-bond acceptors (Lipinski definition) is 3. The molecule has 0 N–H and O–H groups in total. The van der Waals surface area contributed by atoms with Crippen LogP contribution in [0.15, 0.2) is 12.7 Å². The Hall–Kier alpha value is -0.613. The summed E-state index contributed by atoms with van der Waals surface area (Å²) in [7, 11) is -1.82. The molecule has 0 aliphatic heterocycles. The van der Waals surface area contributed by atoms with Gasteiger partial charge in [0.2, 0.25) is 0 Å². The molecule has 0 spiro atoms. The zero-order valence-corrected chi connectivity index (χ0v) is 15.9. The molecule has 124 valence electrons. The molecule has 0 aliphatic carbocycles. The maximum Gasteiger partial charge on any atom is 0.302 e. The van der Waals surface area contributed by atoms with Gasteiger partial charge in [0, 0.05) is 26.4 Å². The van der Waals surface area contributed by atoms with Gasteiger partial charge in [0.25, 0.3) is 0 Å². The molecule has 0 aliphatic rings. The summed E-state index contributed by atoms with van der Waals surface area (Å²) in [6, 6.07) is 0. The average Bonchev–Trinajstić information content (AvgIpc) is 2.32. The average molecular weight is 315 g/mol. The maximum absolute atomic E-state index is 11.1. The van der Waals surface area contributed by atoms with E-state index >= 15 is 0 Å². The van der Waals surface area contributed by atoms with Crippen molar-refractivity contribution in [3.05, 3.63) is 12.7 Å². The Morgan fingerprint density at radius 3 is 1.90 bits per heavy atom. The van der Waals surface area contributed by atoms with Crippen LogP contribution in [0.1, 0.15) is 61.3 Å². The van der Waals surface area contributed by atoms with E-state index in [-0.39, 0.29) is 12.1 Å². The SMILES string of the molecule is C=CC[C@@H](CCO[Si](C(C)C)(C(C)C)C(C)C)OC(C)=O. The first-order valence-electron chi connectivity index (χ1n) is 8.10. The lowest BCUT2D eigenvalue weighted by Crippen LogP contribution is -2.48. The molecule has 0 unspecified atom stereocenters. The molecule has 0 aromatic rings. The molecule has 0 aromatic carbocycles. The van der Waals surface area contributed by atoms with Crippen LogP contribution in [0, 0.1) is 0 Å². The highest BCUT2D eigenvalue weighted by atomic mass is 28.4. The normalized spacial score (nSPS) is 13.8. The first kappa shape index (κ1) is 20.4. The van der Waals surface area contributed by atoms with Gasteiger partial charge in [-0.3, -0.25) is 4.79 Å². The highest BCUT2D eigenvalue weighted by Gasteiger charge is 2.44. The van der Waals surface area contributed by atoms with Crippen molar-refractivity contribution >= 4 is 14.3 Å². The summed E-state index contributed by atoms with van der Waals surface area (Å²) in [5.74, 6) is -0.234. The van der Waals surface area contributed by atoms with Gasteiger partial charge in [0.1, 0.15) is 6.10 Å². The van der Waals surface area contributed by atoms with Crippen LogP contribution in [0.3, 0.4) is 0 Å². The van der Waals surface area contributed by atoms with Crippen LogP contribution in [0.4, 0.5) is 0 Å². The van der Waals surface area contributed by atoms with Crippen molar-refractivity contribution in [2.24, 2.45) is 0 Å². The van der Waals surface area contributed by atoms with Gasteiger partial charge in [-0.25, -0.2) is 0 Å². The summed E-state index contributed by atoms with van der Waals surface area (Å²) < 4.78 is 11.8. The Morgan fingerprint density at radius 1 is 1.10 bits per heavy atom. The zero-order chi connectivity index (χ0) is 16.6. The van der Waals surface area contributed by atoms with Crippen molar-refractivity contribution in [3.8, 4) is 0 Å². The molecule has 4 heteroatoms. The number of carbonyl (C=O) groups excluding carboxylic acids is 1. The topological polar surface area (TPSA) is 35.5 Å². The van der Waals surface area contributed by atoms with Gasteiger partial charge in [0.05, 0.1) is 0 Å². The lowest BCUT2D eigenvalue weighted by Gasteiger charge is -2.42. The van der Waals surface area contributed by atoms with Gasteiger partial charge in [-0.15, -0.1) is 6.58 Å². The number of carbonyl (C=O) groups is 1. The summed E-state index contributed by atoms with van der Waals surface area (Å²) in [6.45, 7) is 19.5. The van der Waals surface area contributed by atoms with Crippen molar-refractivity contribution in [2.45, 2.75) is 84.0 Å². The van der Waals surface area contributed by atoms with Gasteiger partial charge >= 0.3 is 5.97 Å². The maximum atomic E-state index is 11.1. The van der Waals surface area contributed by atoms with Crippen molar-refractivity contribution in [3.63, 3.8) is 0 Å². The van der Waals surface area contributed by atoms with Gasteiger partial charge in [0.15, 0.2) is 8.32 Å². The number of hydrogen-bond donors (Lipinski definition) is 0. The molecule has 0 saturated carbocycles. The predicted octanol–water partition coefficient (Wildman–Crippen LogP) is 5.08. The molecular formula is C17H34O3Si. The molecule has 1 atom stereocenters. The van der Waals surface area contributed by atoms with Crippen molar-refractivity contribution in [1.29, 1.82) is 0 Å². The van der Waals surface area contributed by atoms with Crippen molar-refractivity contribution in [1.82, 2.24) is 0 Å². The number of ether oxygens (including phenoxy) is 1. The van der Waals surface area contributed by atoms with E-state index in [0.29, 0.717) is 29.7 Å². The predicted molar refractivity (Wildman–Crippen MR) is 92.0 cm³/mol. The second-order valence-electron chi connectivity index (χ2n) is 6.71. The molecule has 0 rings (SSSR count). The number of esters is 1. The van der Waals surface area contributed by atoms with Crippen LogP contribution in [0.2, 0.25) is 16.6 Å². The lowest BCUT2D eigenvalue weighted by molar-refractivity contribution is -0.146. The second-order valence-corrected chi connectivity index (χ2v) is 12.2. The van der Waals surface area contributed by atoms with E-state index in [0.717, 1.165) is 6.42 Å². The molecule has 0 heterocycles. The first-order chi connectivity index (χ1) is 9.68. The fourth-order valence-corrected chi connectivity index (χ4v) is 8.98. The fraction of sp³-hybridized carbons (Fsp3) is 0.824. The third kappa shape index (κ3) is 5.95. The molecule has 0 radical (unpaired) electrons. The Morgan fingerprint density at radius 2 is 1.57 bits per heavy atom. The van der Waals surface area contributed by atoms with E-state index in [9.17, 15) is 4.79 Å². The summed E-state index contributed by atoms with van der Waals surface area (Å²) in [5.41, 5.74) is 1.72. The Labute approximate surface area is 132 Å². The van der Waals surface area contributed by atoms with E-state index < -0.39 is 8.32 Å². The fourth-order valence-electron chi connectivity index (χ4n) is 3.51. The van der Waals surface area contributed by atoms with Gasteiger partial charge < -0.3 is 9.16 Å². The van der Waals surface area contributed by atoms with Gasteiger partial charge in [-0.05, 0) is 16.6 Å². The minimum atomic E-state index is -1.82. The van der Waals surface area contributed by atoms with Crippen LogP contribution < -0.4 is 0 Å². The Bertz CT molecular complexity index is 302. The van der Waals surface area contributed by atoms with Crippen LogP contribution in [-0.4, -0.2) is 27.0 Å². The van der Waals surface area contributed by atoms with Crippen LogP contribution >= 0.6 is 0 Å². The summed E-state index contributed by atoms with van der Waals surface area (Å²) in [4.78, 5) is 11.1. The summed E-state index contributed by atoms with van der Waals surface area (Å²) in [6.07, 6.45) is 3.11. The number of rotatable bonds is 10. The monoisotopic (exact) mass is 314 g/mol. The molecular weight excluding hydrogens is 280 g/mol.